The lowest BCUT2D eigenvalue weighted by atomic mass is 10.3. The highest BCUT2D eigenvalue weighted by molar-refractivity contribution is 5.20. The predicted molar refractivity (Wildman–Crippen MR) is 45.6 cm³/mol. The molecule has 0 amide bonds. The number of hydrogen-bond donors (Lipinski definition) is 0. The molecule has 0 saturated carbocycles. The maximum Gasteiger partial charge on any atom is 0.119 e. The van der Waals surface area contributed by atoms with Crippen LogP contribution in [-0.2, 0) is 0 Å². The van der Waals surface area contributed by atoms with Gasteiger partial charge in [-0.1, -0.05) is 12.1 Å². The van der Waals surface area contributed by atoms with E-state index in [9.17, 15) is 0 Å². The van der Waals surface area contributed by atoms with Gasteiger partial charge in [-0.15, -0.1) is 0 Å². The highest BCUT2D eigenvalue weighted by Gasteiger charge is 1.90. The molecular weight excluding hydrogens is 150 g/mol. The molecule has 0 N–H and O–H groups in total. The zero-order valence-corrected chi connectivity index (χ0v) is 6.79. The second-order valence-electron chi connectivity index (χ2n) is 2.35. The molecule has 0 atom stereocenters. The lowest BCUT2D eigenvalue weighted by molar-refractivity contribution is 0.312. The summed E-state index contributed by atoms with van der Waals surface area (Å²) in [5, 5.41) is 8.25. The van der Waals surface area contributed by atoms with Gasteiger partial charge in [0.1, 0.15) is 5.75 Å². The van der Waals surface area contributed by atoms with Crippen LogP contribution >= 0.6 is 0 Å². The molecule has 0 unspecified atom stereocenters. The van der Waals surface area contributed by atoms with Gasteiger partial charge < -0.3 is 4.74 Å². The van der Waals surface area contributed by atoms with E-state index < -0.39 is 0 Å². The maximum atomic E-state index is 8.25. The Morgan fingerprint density at radius 2 is 2.17 bits per heavy atom. The Hall–Kier alpha value is -1.49. The van der Waals surface area contributed by atoms with Crippen LogP contribution in [0.25, 0.3) is 0 Å². The summed E-state index contributed by atoms with van der Waals surface area (Å²) < 4.78 is 5.34. The van der Waals surface area contributed by atoms with Gasteiger partial charge in [-0.05, 0) is 24.6 Å². The van der Waals surface area contributed by atoms with Crippen LogP contribution in [0.5, 0.6) is 5.75 Å². The smallest absolute Gasteiger partial charge is 0.119 e. The fourth-order valence-corrected chi connectivity index (χ4v) is 0.809. The van der Waals surface area contributed by atoms with Crippen LogP contribution < -0.4 is 4.74 Å². The average molecular weight is 160 g/mol. The van der Waals surface area contributed by atoms with Gasteiger partial charge in [-0.2, -0.15) is 5.26 Å². The van der Waals surface area contributed by atoms with E-state index in [4.69, 9.17) is 10.00 Å². The van der Waals surface area contributed by atoms with Crippen molar-refractivity contribution in [2.45, 2.75) is 12.8 Å². The molecule has 61 valence electrons. The summed E-state index contributed by atoms with van der Waals surface area (Å²) in [7, 11) is 0. The van der Waals surface area contributed by atoms with Crippen molar-refractivity contribution in [3.63, 3.8) is 0 Å². The van der Waals surface area contributed by atoms with Crippen LogP contribution in [0.15, 0.2) is 24.3 Å². The van der Waals surface area contributed by atoms with E-state index in [1.165, 1.54) is 0 Å². The van der Waals surface area contributed by atoms with Gasteiger partial charge in [0.05, 0.1) is 12.7 Å². The lowest BCUT2D eigenvalue weighted by Gasteiger charge is -2.02. The third-order valence-electron chi connectivity index (χ3n) is 1.39. The van der Waals surface area contributed by atoms with Crippen molar-refractivity contribution in [3.05, 3.63) is 30.3 Å². The van der Waals surface area contributed by atoms with Crippen molar-refractivity contribution in [2.24, 2.45) is 0 Å². The van der Waals surface area contributed by atoms with Gasteiger partial charge in [0.2, 0.25) is 0 Å². The maximum absolute atomic E-state index is 8.25. The van der Waals surface area contributed by atoms with Gasteiger partial charge in [0.15, 0.2) is 0 Å². The minimum Gasteiger partial charge on any atom is -0.494 e. The van der Waals surface area contributed by atoms with Crippen LogP contribution in [0.4, 0.5) is 0 Å². The zero-order valence-electron chi connectivity index (χ0n) is 6.79. The third-order valence-corrected chi connectivity index (χ3v) is 1.39. The number of rotatable bonds is 4. The number of nitrogens with zero attached hydrogens (tertiary/aromatic N) is 1. The molecule has 0 aromatic heterocycles. The van der Waals surface area contributed by atoms with E-state index in [0.29, 0.717) is 13.0 Å². The van der Waals surface area contributed by atoms with Crippen molar-refractivity contribution in [2.75, 3.05) is 6.61 Å². The SMILES string of the molecule is N#CCCCOc1cc[c]cc1. The number of ether oxygens (including phenoxy) is 1. The number of hydrogen-bond acceptors (Lipinski definition) is 2. The summed E-state index contributed by atoms with van der Waals surface area (Å²) in [5.41, 5.74) is 0. The zero-order chi connectivity index (χ0) is 8.65. The number of nitriles is 1. The van der Waals surface area contributed by atoms with Crippen molar-refractivity contribution >= 4 is 0 Å². The molecule has 0 bridgehead atoms. The molecule has 0 saturated heterocycles. The largest absolute Gasteiger partial charge is 0.494 e. The van der Waals surface area contributed by atoms with E-state index >= 15 is 0 Å². The molecule has 1 rings (SSSR count). The Balaban J connectivity index is 2.21. The highest BCUT2D eigenvalue weighted by atomic mass is 16.5. The summed E-state index contributed by atoms with van der Waals surface area (Å²) in [6.07, 6.45) is 1.34. The lowest BCUT2D eigenvalue weighted by Crippen LogP contribution is -1.95. The molecule has 0 fully saturated rings. The minimum absolute atomic E-state index is 0.555. The Bertz CT molecular complexity index is 250. The van der Waals surface area contributed by atoms with E-state index in [1.54, 1.807) is 12.1 Å². The van der Waals surface area contributed by atoms with Gasteiger partial charge >= 0.3 is 0 Å². The highest BCUT2D eigenvalue weighted by Crippen LogP contribution is 2.08. The predicted octanol–water partition coefficient (Wildman–Crippen LogP) is 2.17. The fraction of sp³-hybridized carbons (Fsp3) is 0.300. The summed E-state index contributed by atoms with van der Waals surface area (Å²) >= 11 is 0. The quantitative estimate of drug-likeness (QED) is 0.632. The van der Waals surface area contributed by atoms with E-state index in [0.717, 1.165) is 12.2 Å². The molecule has 1 aromatic carbocycles. The van der Waals surface area contributed by atoms with E-state index in [1.807, 2.05) is 12.1 Å². The molecule has 2 nitrogen and oxygen atoms in total. The summed E-state index contributed by atoms with van der Waals surface area (Å²) in [4.78, 5) is 0. The Kier molecular flexibility index (Phi) is 3.73. The number of benzene rings is 1. The summed E-state index contributed by atoms with van der Waals surface area (Å²) in [6.45, 7) is 0.609. The molecule has 1 radical (unpaired) electrons. The van der Waals surface area contributed by atoms with E-state index in [-0.39, 0.29) is 0 Å². The van der Waals surface area contributed by atoms with Crippen molar-refractivity contribution in [1.82, 2.24) is 0 Å². The van der Waals surface area contributed by atoms with Crippen LogP contribution in [-0.4, -0.2) is 6.61 Å². The van der Waals surface area contributed by atoms with Crippen molar-refractivity contribution in [3.8, 4) is 11.8 Å². The molecule has 0 aliphatic rings. The fourth-order valence-electron chi connectivity index (χ4n) is 0.809. The van der Waals surface area contributed by atoms with Crippen molar-refractivity contribution < 1.29 is 4.74 Å². The second-order valence-corrected chi connectivity index (χ2v) is 2.35. The van der Waals surface area contributed by atoms with Gasteiger partial charge in [-0.25, -0.2) is 0 Å². The van der Waals surface area contributed by atoms with E-state index in [2.05, 4.69) is 12.1 Å². The molecule has 1 aromatic rings. The normalized spacial score (nSPS) is 8.92. The van der Waals surface area contributed by atoms with Crippen LogP contribution in [0, 0.1) is 17.4 Å². The molecule has 12 heavy (non-hydrogen) atoms. The monoisotopic (exact) mass is 160 g/mol. The average Bonchev–Trinajstić information content (AvgIpc) is 2.14. The first-order valence-electron chi connectivity index (χ1n) is 3.89. The Morgan fingerprint density at radius 1 is 1.42 bits per heavy atom. The Morgan fingerprint density at radius 3 is 2.83 bits per heavy atom. The van der Waals surface area contributed by atoms with Gasteiger partial charge in [-0.3, -0.25) is 0 Å². The van der Waals surface area contributed by atoms with Gasteiger partial charge in [0.25, 0.3) is 0 Å². The van der Waals surface area contributed by atoms with Crippen LogP contribution in [0.3, 0.4) is 0 Å². The summed E-state index contributed by atoms with van der Waals surface area (Å²) in [5.74, 6) is 0.840. The standard InChI is InChI=1S/C10H10NO/c11-8-4-5-9-12-10-6-2-1-3-7-10/h2-3,6-7H,4-5,9H2. The molecule has 0 heterocycles. The first kappa shape index (κ1) is 8.61. The first-order chi connectivity index (χ1) is 5.93. The third kappa shape index (κ3) is 3.07. The van der Waals surface area contributed by atoms with Gasteiger partial charge in [0, 0.05) is 6.42 Å². The molecule has 2 heteroatoms. The van der Waals surface area contributed by atoms with Crippen molar-refractivity contribution in [1.29, 1.82) is 5.26 Å². The minimum atomic E-state index is 0.555. The molecular formula is C10H10NO. The second kappa shape index (κ2) is 5.20. The summed E-state index contributed by atoms with van der Waals surface area (Å²) in [6, 6.07) is 12.3. The van der Waals surface area contributed by atoms with Crippen LogP contribution in [0.1, 0.15) is 12.8 Å². The molecule has 0 aliphatic carbocycles. The molecule has 0 aliphatic heterocycles. The van der Waals surface area contributed by atoms with Crippen LogP contribution in [0.2, 0.25) is 0 Å². The molecule has 0 spiro atoms. The first-order valence-corrected chi connectivity index (χ1v) is 3.89. The topological polar surface area (TPSA) is 33.0 Å². The number of unbranched alkanes of at least 4 members (excludes halogenated alkanes) is 1. The Labute approximate surface area is 72.4 Å².